The molecule has 0 saturated heterocycles. The summed E-state index contributed by atoms with van der Waals surface area (Å²) in [7, 11) is 0. The van der Waals surface area contributed by atoms with Crippen LogP contribution < -0.4 is 0 Å². The highest BCUT2D eigenvalue weighted by Crippen LogP contribution is 2.14. The number of thioether (sulfide) groups is 2. The third kappa shape index (κ3) is 13.1. The molecular weight excluding hydrogens is 264 g/mol. The van der Waals surface area contributed by atoms with Crippen LogP contribution in [-0.4, -0.2) is 46.4 Å². The Balaban J connectivity index is 3.03. The minimum Gasteiger partial charge on any atom is -0.396 e. The predicted octanol–water partition coefficient (Wildman–Crippen LogP) is 3.27. The smallest absolute Gasteiger partial charge is 0.0464 e. The Kier molecular flexibility index (Phi) is 14.5. The number of hydrogen-bond acceptors (Lipinski definition) is 4. The van der Waals surface area contributed by atoms with Crippen molar-refractivity contribution >= 4 is 23.5 Å². The van der Waals surface area contributed by atoms with Crippen molar-refractivity contribution in [1.29, 1.82) is 0 Å². The second-order valence-corrected chi connectivity index (χ2v) is 7.44. The van der Waals surface area contributed by atoms with Crippen molar-refractivity contribution in [3.8, 4) is 0 Å². The fourth-order valence-electron chi connectivity index (χ4n) is 1.44. The molecule has 0 aliphatic heterocycles. The van der Waals surface area contributed by atoms with Crippen molar-refractivity contribution in [3.63, 3.8) is 0 Å². The van der Waals surface area contributed by atoms with Gasteiger partial charge in [0.05, 0.1) is 0 Å². The molecule has 0 aromatic rings. The monoisotopic (exact) mass is 294 g/mol. The van der Waals surface area contributed by atoms with E-state index >= 15 is 0 Å². The van der Waals surface area contributed by atoms with E-state index in [0.717, 1.165) is 11.5 Å². The van der Waals surface area contributed by atoms with Crippen molar-refractivity contribution < 1.29 is 10.2 Å². The summed E-state index contributed by atoms with van der Waals surface area (Å²) in [5, 5.41) is 17.8. The Morgan fingerprint density at radius 3 is 1.44 bits per heavy atom. The first-order chi connectivity index (χ1) is 8.70. The van der Waals surface area contributed by atoms with Crippen molar-refractivity contribution in [3.05, 3.63) is 0 Å². The van der Waals surface area contributed by atoms with Gasteiger partial charge in [0.2, 0.25) is 0 Å². The van der Waals surface area contributed by atoms with Crippen LogP contribution in [0.4, 0.5) is 0 Å². The van der Waals surface area contributed by atoms with Crippen LogP contribution in [0.5, 0.6) is 0 Å². The summed E-state index contributed by atoms with van der Waals surface area (Å²) in [5.74, 6) is 5.54. The van der Waals surface area contributed by atoms with E-state index in [1.54, 1.807) is 0 Å². The lowest BCUT2D eigenvalue weighted by Crippen LogP contribution is -2.04. The van der Waals surface area contributed by atoms with E-state index in [2.05, 4.69) is 13.8 Å². The van der Waals surface area contributed by atoms with E-state index in [1.165, 1.54) is 37.2 Å². The molecule has 2 N–H and O–H groups in total. The molecule has 110 valence electrons. The lowest BCUT2D eigenvalue weighted by molar-refractivity contribution is 0.250. The molecule has 0 aromatic heterocycles. The molecule has 0 fully saturated rings. The second kappa shape index (κ2) is 14.0. The third-order valence-corrected chi connectivity index (χ3v) is 5.52. The zero-order valence-electron chi connectivity index (χ0n) is 11.9. The number of aliphatic hydroxyl groups is 2. The molecule has 0 amide bonds. The highest BCUT2D eigenvalue weighted by atomic mass is 32.2. The first-order valence-corrected chi connectivity index (χ1v) is 9.38. The van der Waals surface area contributed by atoms with Gasteiger partial charge in [0.1, 0.15) is 0 Å². The van der Waals surface area contributed by atoms with Gasteiger partial charge < -0.3 is 10.2 Å². The topological polar surface area (TPSA) is 40.5 Å². The maximum atomic E-state index is 8.88. The van der Waals surface area contributed by atoms with Crippen LogP contribution in [-0.2, 0) is 0 Å². The summed E-state index contributed by atoms with van der Waals surface area (Å²) in [6.07, 6.45) is 5.27. The van der Waals surface area contributed by atoms with Gasteiger partial charge in [-0.3, -0.25) is 0 Å². The zero-order chi connectivity index (χ0) is 13.6. The van der Waals surface area contributed by atoms with E-state index < -0.39 is 0 Å². The maximum Gasteiger partial charge on any atom is 0.0464 e. The summed E-state index contributed by atoms with van der Waals surface area (Å²) >= 11 is 3.94. The van der Waals surface area contributed by atoms with E-state index in [0.29, 0.717) is 25.0 Å². The molecule has 0 aromatic carbocycles. The predicted molar refractivity (Wildman–Crippen MR) is 85.6 cm³/mol. The Morgan fingerprint density at radius 1 is 0.722 bits per heavy atom. The average Bonchev–Trinajstić information content (AvgIpc) is 2.40. The first-order valence-electron chi connectivity index (χ1n) is 7.07. The fourth-order valence-corrected chi connectivity index (χ4v) is 3.60. The molecule has 2 nitrogen and oxygen atoms in total. The molecule has 0 aliphatic carbocycles. The normalized spacial score (nSPS) is 14.7. The molecule has 4 heteroatoms. The molecule has 0 rings (SSSR count). The molecule has 0 radical (unpaired) electrons. The van der Waals surface area contributed by atoms with E-state index in [4.69, 9.17) is 10.2 Å². The summed E-state index contributed by atoms with van der Waals surface area (Å²) in [4.78, 5) is 0. The van der Waals surface area contributed by atoms with E-state index in [9.17, 15) is 0 Å². The minimum absolute atomic E-state index is 0.316. The van der Waals surface area contributed by atoms with Gasteiger partial charge in [-0.05, 0) is 47.7 Å². The Morgan fingerprint density at radius 2 is 1.11 bits per heavy atom. The lowest BCUT2D eigenvalue weighted by atomic mass is 10.2. The highest BCUT2D eigenvalue weighted by molar-refractivity contribution is 7.99. The number of unbranched alkanes of at least 4 members (excludes halogenated alkanes) is 3. The molecule has 0 unspecified atom stereocenters. The molecule has 0 heterocycles. The van der Waals surface area contributed by atoms with Crippen molar-refractivity contribution in [2.24, 2.45) is 11.8 Å². The van der Waals surface area contributed by atoms with E-state index in [1.807, 2.05) is 23.5 Å². The number of aliphatic hydroxyl groups excluding tert-OH is 2. The molecular formula is C14H30O2S2. The Bertz CT molecular complexity index is 150. The van der Waals surface area contributed by atoms with Gasteiger partial charge in [0.15, 0.2) is 0 Å². The van der Waals surface area contributed by atoms with Gasteiger partial charge in [0, 0.05) is 13.2 Å². The van der Waals surface area contributed by atoms with E-state index in [-0.39, 0.29) is 0 Å². The molecule has 0 aliphatic rings. The highest BCUT2D eigenvalue weighted by Gasteiger charge is 2.00. The number of hydrogen-bond donors (Lipinski definition) is 2. The maximum absolute atomic E-state index is 8.88. The Hall–Kier alpha value is 0.620. The molecule has 18 heavy (non-hydrogen) atoms. The first kappa shape index (κ1) is 18.6. The van der Waals surface area contributed by atoms with Crippen LogP contribution in [0.2, 0.25) is 0 Å². The van der Waals surface area contributed by atoms with Gasteiger partial charge in [-0.25, -0.2) is 0 Å². The average molecular weight is 295 g/mol. The van der Waals surface area contributed by atoms with Crippen LogP contribution in [0.1, 0.15) is 39.5 Å². The SMILES string of the molecule is C[C@@H](CO)CSCCCCCCSC[C@@H](C)CO. The summed E-state index contributed by atoms with van der Waals surface area (Å²) in [6, 6.07) is 0. The zero-order valence-corrected chi connectivity index (χ0v) is 13.6. The van der Waals surface area contributed by atoms with Gasteiger partial charge in [0.25, 0.3) is 0 Å². The Labute approximate surface area is 121 Å². The largest absolute Gasteiger partial charge is 0.396 e. The van der Waals surface area contributed by atoms with Gasteiger partial charge in [-0.2, -0.15) is 23.5 Å². The van der Waals surface area contributed by atoms with Crippen LogP contribution in [0.3, 0.4) is 0 Å². The summed E-state index contributed by atoms with van der Waals surface area (Å²) < 4.78 is 0. The molecule has 0 saturated carbocycles. The van der Waals surface area contributed by atoms with Crippen LogP contribution in [0.25, 0.3) is 0 Å². The lowest BCUT2D eigenvalue weighted by Gasteiger charge is -2.07. The van der Waals surface area contributed by atoms with Crippen molar-refractivity contribution in [2.75, 3.05) is 36.2 Å². The van der Waals surface area contributed by atoms with Gasteiger partial charge in [-0.1, -0.05) is 26.7 Å². The molecule has 2 atom stereocenters. The molecule has 0 bridgehead atoms. The van der Waals surface area contributed by atoms with Gasteiger partial charge >= 0.3 is 0 Å². The number of rotatable bonds is 13. The second-order valence-electron chi connectivity index (χ2n) is 5.14. The quantitative estimate of drug-likeness (QED) is 0.512. The van der Waals surface area contributed by atoms with Crippen molar-refractivity contribution in [2.45, 2.75) is 39.5 Å². The van der Waals surface area contributed by atoms with Crippen LogP contribution >= 0.6 is 23.5 Å². The third-order valence-electron chi connectivity index (χ3n) is 2.76. The summed E-state index contributed by atoms with van der Waals surface area (Å²) in [6.45, 7) is 4.82. The standard InChI is InChI=1S/C14H30O2S2/c1-13(9-15)11-17-7-5-3-4-6-8-18-12-14(2)10-16/h13-16H,3-12H2,1-2H3/t13-,14-/m0/s1. The minimum atomic E-state index is 0.316. The van der Waals surface area contributed by atoms with Crippen molar-refractivity contribution in [1.82, 2.24) is 0 Å². The van der Waals surface area contributed by atoms with Crippen LogP contribution in [0.15, 0.2) is 0 Å². The van der Waals surface area contributed by atoms with Crippen LogP contribution in [0, 0.1) is 11.8 Å². The fraction of sp³-hybridized carbons (Fsp3) is 1.00. The molecule has 0 spiro atoms. The van der Waals surface area contributed by atoms with Gasteiger partial charge in [-0.15, -0.1) is 0 Å². The summed E-state index contributed by atoms with van der Waals surface area (Å²) in [5.41, 5.74) is 0.